The van der Waals surface area contributed by atoms with E-state index >= 15 is 0 Å². The maximum Gasteiger partial charge on any atom is 0.310 e. The number of hydrogen-bond donors (Lipinski definition) is 2. The highest BCUT2D eigenvalue weighted by Gasteiger charge is 2.33. The SMILES string of the molecule is Cc1ccn(NCC(F)(F)c2ccccn2)c(=O)c1CC(=O)NCc1cc(Cl)ccc1CC(=O)OC(C)(C)C. The van der Waals surface area contributed by atoms with Crippen LogP contribution in [0.2, 0.25) is 5.02 Å². The lowest BCUT2D eigenvalue weighted by Gasteiger charge is -2.20. The Morgan fingerprint density at radius 1 is 1.08 bits per heavy atom. The Kier molecular flexibility index (Phi) is 9.45. The number of esters is 1. The van der Waals surface area contributed by atoms with Gasteiger partial charge in [-0.25, -0.2) is 4.68 Å². The molecular weight excluding hydrogens is 530 g/mol. The number of aryl methyl sites for hydroxylation is 1. The normalized spacial score (nSPS) is 11.7. The van der Waals surface area contributed by atoms with Crippen LogP contribution in [-0.2, 0) is 39.6 Å². The minimum atomic E-state index is -3.32. The van der Waals surface area contributed by atoms with E-state index < -0.39 is 41.2 Å². The third-order valence-electron chi connectivity index (χ3n) is 5.67. The highest BCUT2D eigenvalue weighted by atomic mass is 35.5. The summed E-state index contributed by atoms with van der Waals surface area (Å²) in [6, 6.07) is 10.7. The smallest absolute Gasteiger partial charge is 0.310 e. The lowest BCUT2D eigenvalue weighted by atomic mass is 10.0. The Labute approximate surface area is 230 Å². The first kappa shape index (κ1) is 29.8. The van der Waals surface area contributed by atoms with Crippen molar-refractivity contribution < 1.29 is 23.1 Å². The van der Waals surface area contributed by atoms with Gasteiger partial charge in [0.1, 0.15) is 17.8 Å². The van der Waals surface area contributed by atoms with Gasteiger partial charge in [-0.3, -0.25) is 19.4 Å². The number of amides is 1. The molecule has 2 aromatic heterocycles. The highest BCUT2D eigenvalue weighted by Crippen LogP contribution is 2.25. The summed E-state index contributed by atoms with van der Waals surface area (Å²) < 4.78 is 35.3. The molecule has 0 aliphatic heterocycles. The standard InChI is InChI=1S/C28H31ClF2N4O4/c1-18-10-12-35(34-17-28(30,31)23-7-5-6-11-32-23)26(38)22(18)15-24(36)33-16-20-13-21(29)9-8-19(20)14-25(37)39-27(2,3)4/h5-13,34H,14-17H2,1-4H3,(H,33,36). The summed E-state index contributed by atoms with van der Waals surface area (Å²) in [6.45, 7) is 6.17. The molecule has 1 amide bonds. The van der Waals surface area contributed by atoms with E-state index in [-0.39, 0.29) is 24.9 Å². The van der Waals surface area contributed by atoms with Crippen molar-refractivity contribution >= 4 is 23.5 Å². The number of carbonyl (C=O) groups is 2. The van der Waals surface area contributed by atoms with Crippen LogP contribution >= 0.6 is 11.6 Å². The van der Waals surface area contributed by atoms with Crippen LogP contribution in [0.1, 0.15) is 48.7 Å². The molecule has 0 aliphatic carbocycles. The van der Waals surface area contributed by atoms with E-state index in [0.717, 1.165) is 4.68 Å². The van der Waals surface area contributed by atoms with Crippen molar-refractivity contribution in [2.24, 2.45) is 0 Å². The third-order valence-corrected chi connectivity index (χ3v) is 5.91. The highest BCUT2D eigenvalue weighted by molar-refractivity contribution is 6.30. The Hall–Kier alpha value is -3.79. The van der Waals surface area contributed by atoms with Gasteiger partial charge in [0.25, 0.3) is 5.56 Å². The van der Waals surface area contributed by atoms with Crippen molar-refractivity contribution in [3.63, 3.8) is 0 Å². The van der Waals surface area contributed by atoms with E-state index in [1.165, 1.54) is 30.6 Å². The van der Waals surface area contributed by atoms with E-state index in [0.29, 0.717) is 21.7 Å². The van der Waals surface area contributed by atoms with E-state index in [1.54, 1.807) is 52.0 Å². The monoisotopic (exact) mass is 560 g/mol. The van der Waals surface area contributed by atoms with E-state index in [4.69, 9.17) is 16.3 Å². The number of aromatic nitrogens is 2. The molecule has 0 saturated heterocycles. The lowest BCUT2D eigenvalue weighted by molar-refractivity contribution is -0.153. The molecule has 3 rings (SSSR count). The average molecular weight is 561 g/mol. The predicted molar refractivity (Wildman–Crippen MR) is 144 cm³/mol. The number of carbonyl (C=O) groups excluding carboxylic acids is 2. The number of nitrogens with one attached hydrogen (secondary N) is 2. The molecule has 39 heavy (non-hydrogen) atoms. The molecule has 3 aromatic rings. The molecule has 208 valence electrons. The van der Waals surface area contributed by atoms with Gasteiger partial charge < -0.3 is 15.5 Å². The van der Waals surface area contributed by atoms with Crippen LogP contribution in [0.3, 0.4) is 0 Å². The summed E-state index contributed by atoms with van der Waals surface area (Å²) in [6.07, 6.45) is 2.33. The molecule has 0 bridgehead atoms. The molecule has 0 spiro atoms. The number of alkyl halides is 2. The first-order valence-electron chi connectivity index (χ1n) is 12.3. The van der Waals surface area contributed by atoms with Crippen molar-refractivity contribution in [1.29, 1.82) is 0 Å². The minimum Gasteiger partial charge on any atom is -0.460 e. The summed E-state index contributed by atoms with van der Waals surface area (Å²) in [7, 11) is 0. The molecular formula is C28H31ClF2N4O4. The van der Waals surface area contributed by atoms with Crippen LogP contribution in [-0.4, -0.2) is 33.7 Å². The van der Waals surface area contributed by atoms with Crippen LogP contribution in [0.25, 0.3) is 0 Å². The van der Waals surface area contributed by atoms with Gasteiger partial charge in [0, 0.05) is 29.5 Å². The minimum absolute atomic E-state index is 0.00303. The largest absolute Gasteiger partial charge is 0.460 e. The fraction of sp³-hybridized carbons (Fsp3) is 0.357. The average Bonchev–Trinajstić information content (AvgIpc) is 2.85. The Morgan fingerprint density at radius 3 is 2.49 bits per heavy atom. The molecule has 0 unspecified atom stereocenters. The fourth-order valence-electron chi connectivity index (χ4n) is 3.74. The van der Waals surface area contributed by atoms with Gasteiger partial charge >= 0.3 is 11.9 Å². The topological polar surface area (TPSA) is 102 Å². The first-order valence-corrected chi connectivity index (χ1v) is 12.6. The predicted octanol–water partition coefficient (Wildman–Crippen LogP) is 4.28. The molecule has 1 aromatic carbocycles. The molecule has 2 heterocycles. The van der Waals surface area contributed by atoms with Crippen LogP contribution < -0.4 is 16.3 Å². The van der Waals surface area contributed by atoms with Gasteiger partial charge in [-0.15, -0.1) is 0 Å². The Morgan fingerprint density at radius 2 is 1.82 bits per heavy atom. The van der Waals surface area contributed by atoms with Gasteiger partial charge in [-0.05, 0) is 74.7 Å². The second kappa shape index (κ2) is 12.4. The number of halogens is 3. The number of nitrogens with zero attached hydrogens (tertiary/aromatic N) is 2. The zero-order valence-electron chi connectivity index (χ0n) is 22.2. The maximum absolute atomic E-state index is 14.5. The molecule has 0 fully saturated rings. The van der Waals surface area contributed by atoms with E-state index in [1.807, 2.05) is 0 Å². The second-order valence-electron chi connectivity index (χ2n) is 10.0. The molecule has 0 atom stereocenters. The Bertz CT molecular complexity index is 1390. The van der Waals surface area contributed by atoms with Crippen molar-refractivity contribution in [3.05, 3.63) is 98.2 Å². The zero-order valence-corrected chi connectivity index (χ0v) is 22.9. The summed E-state index contributed by atoms with van der Waals surface area (Å²) >= 11 is 6.13. The quantitative estimate of drug-likeness (QED) is 0.359. The molecule has 0 radical (unpaired) electrons. The van der Waals surface area contributed by atoms with E-state index in [9.17, 15) is 23.2 Å². The molecule has 11 heteroatoms. The van der Waals surface area contributed by atoms with Crippen molar-refractivity contribution in [3.8, 4) is 0 Å². The fourth-order valence-corrected chi connectivity index (χ4v) is 3.94. The van der Waals surface area contributed by atoms with Crippen LogP contribution in [0, 0.1) is 6.92 Å². The van der Waals surface area contributed by atoms with Gasteiger partial charge in [0.05, 0.1) is 12.8 Å². The van der Waals surface area contributed by atoms with Crippen molar-refractivity contribution in [2.45, 2.75) is 58.6 Å². The summed E-state index contributed by atoms with van der Waals surface area (Å²) in [5.41, 5.74) is 2.71. The number of ether oxygens (including phenoxy) is 1. The van der Waals surface area contributed by atoms with Crippen LogP contribution in [0.4, 0.5) is 8.78 Å². The number of pyridine rings is 2. The summed E-state index contributed by atoms with van der Waals surface area (Å²) in [4.78, 5) is 41.7. The number of hydrogen-bond acceptors (Lipinski definition) is 6. The molecule has 0 saturated carbocycles. The second-order valence-corrected chi connectivity index (χ2v) is 10.5. The number of rotatable bonds is 10. The summed E-state index contributed by atoms with van der Waals surface area (Å²) in [5.74, 6) is -4.20. The summed E-state index contributed by atoms with van der Waals surface area (Å²) in [5, 5.41) is 3.17. The van der Waals surface area contributed by atoms with E-state index in [2.05, 4.69) is 15.7 Å². The maximum atomic E-state index is 14.5. The zero-order chi connectivity index (χ0) is 28.8. The molecule has 2 N–H and O–H groups in total. The van der Waals surface area contributed by atoms with Crippen molar-refractivity contribution in [1.82, 2.24) is 15.0 Å². The van der Waals surface area contributed by atoms with Gasteiger partial charge in [-0.1, -0.05) is 23.7 Å². The van der Waals surface area contributed by atoms with Crippen LogP contribution in [0.15, 0.2) is 59.7 Å². The number of benzene rings is 1. The first-order chi connectivity index (χ1) is 18.2. The van der Waals surface area contributed by atoms with Crippen LogP contribution in [0.5, 0.6) is 0 Å². The Balaban J connectivity index is 1.68. The van der Waals surface area contributed by atoms with Crippen molar-refractivity contribution in [2.75, 3.05) is 12.0 Å². The lowest BCUT2D eigenvalue weighted by Crippen LogP contribution is -2.38. The molecule has 0 aliphatic rings. The van der Waals surface area contributed by atoms with Gasteiger partial charge in [0.2, 0.25) is 5.91 Å². The molecule has 8 nitrogen and oxygen atoms in total. The third kappa shape index (κ3) is 8.61. The van der Waals surface area contributed by atoms with Gasteiger partial charge in [0.15, 0.2) is 0 Å². The van der Waals surface area contributed by atoms with Gasteiger partial charge in [-0.2, -0.15) is 8.78 Å².